The maximum absolute atomic E-state index is 12.1. The summed E-state index contributed by atoms with van der Waals surface area (Å²) in [4.78, 5) is 0. The maximum Gasteiger partial charge on any atom is 0.212 e. The summed E-state index contributed by atoms with van der Waals surface area (Å²) in [6, 6.07) is 15.4. The molecule has 0 aromatic heterocycles. The largest absolute Gasteiger partial charge is 0.497 e. The van der Waals surface area contributed by atoms with Crippen LogP contribution in [0, 0.1) is 5.92 Å². The first-order valence-corrected chi connectivity index (χ1v) is 11.9. The quantitative estimate of drug-likeness (QED) is 0.458. The van der Waals surface area contributed by atoms with Crippen LogP contribution >= 0.6 is 0 Å². The average Bonchev–Trinajstić information content (AvgIpc) is 2.76. The molecule has 0 saturated carbocycles. The Kier molecular flexibility index (Phi) is 9.55. The summed E-state index contributed by atoms with van der Waals surface area (Å²) < 4.78 is 34.5. The molecule has 7 heteroatoms. The van der Waals surface area contributed by atoms with Crippen molar-refractivity contribution in [2.45, 2.75) is 43.5 Å². The zero-order valence-electron chi connectivity index (χ0n) is 18.2. The number of rotatable bonds is 13. The van der Waals surface area contributed by atoms with Crippen LogP contribution in [0.2, 0.25) is 0 Å². The van der Waals surface area contributed by atoms with Gasteiger partial charge in [0.2, 0.25) is 10.0 Å². The minimum atomic E-state index is -3.77. The van der Waals surface area contributed by atoms with Crippen LogP contribution in [0.5, 0.6) is 11.5 Å². The van der Waals surface area contributed by atoms with E-state index in [-0.39, 0.29) is 12.3 Å². The van der Waals surface area contributed by atoms with Crippen LogP contribution in [0.25, 0.3) is 0 Å². The van der Waals surface area contributed by atoms with Crippen LogP contribution in [0.15, 0.2) is 61.2 Å². The highest BCUT2D eigenvalue weighted by Gasteiger charge is 2.29. The van der Waals surface area contributed by atoms with Crippen LogP contribution in [0.3, 0.4) is 0 Å². The van der Waals surface area contributed by atoms with Crippen molar-refractivity contribution in [1.82, 2.24) is 0 Å². The van der Waals surface area contributed by atoms with Gasteiger partial charge >= 0.3 is 0 Å². The molecule has 0 bridgehead atoms. The third-order valence-electron chi connectivity index (χ3n) is 5.52. The molecule has 0 radical (unpaired) electrons. The molecular weight excluding hydrogens is 414 g/mol. The molecule has 2 aromatic rings. The first kappa shape index (κ1) is 24.9. The Bertz CT molecular complexity index is 860. The molecule has 0 aliphatic carbocycles. The van der Waals surface area contributed by atoms with Gasteiger partial charge in [0, 0.05) is 0 Å². The Hall–Kier alpha value is -2.35. The lowest BCUT2D eigenvalue weighted by atomic mass is 9.85. The minimum absolute atomic E-state index is 0.0870. The maximum atomic E-state index is 12.1. The topological polar surface area (TPSA) is 98.8 Å². The molecule has 6 nitrogen and oxygen atoms in total. The van der Waals surface area contributed by atoms with Crippen LogP contribution < -0.4 is 14.6 Å². The summed E-state index contributed by atoms with van der Waals surface area (Å²) in [6.45, 7) is 3.65. The van der Waals surface area contributed by atoms with Gasteiger partial charge in [0.25, 0.3) is 0 Å². The lowest BCUT2D eigenvalue weighted by Gasteiger charge is -2.26. The molecule has 2 atom stereocenters. The molecule has 0 aliphatic rings. The number of benzene rings is 2. The lowest BCUT2D eigenvalue weighted by Crippen LogP contribution is -2.35. The minimum Gasteiger partial charge on any atom is -0.497 e. The fraction of sp³-hybridized carbons (Fsp3) is 0.417. The number of hydrogen-bond acceptors (Lipinski definition) is 5. The van der Waals surface area contributed by atoms with Crippen molar-refractivity contribution in [3.8, 4) is 11.5 Å². The van der Waals surface area contributed by atoms with E-state index in [1.165, 1.54) is 0 Å². The molecule has 0 aliphatic heterocycles. The predicted molar refractivity (Wildman–Crippen MR) is 124 cm³/mol. The van der Waals surface area contributed by atoms with Crippen molar-refractivity contribution in [3.05, 3.63) is 72.3 Å². The van der Waals surface area contributed by atoms with E-state index in [4.69, 9.17) is 14.6 Å². The summed E-state index contributed by atoms with van der Waals surface area (Å²) in [5, 5.41) is 15.7. The van der Waals surface area contributed by atoms with Crippen molar-refractivity contribution in [1.29, 1.82) is 0 Å². The fourth-order valence-corrected chi connectivity index (χ4v) is 4.58. The Balaban J connectivity index is 2.23. The second-order valence-electron chi connectivity index (χ2n) is 7.74. The Morgan fingerprint density at radius 3 is 1.77 bits per heavy atom. The van der Waals surface area contributed by atoms with Gasteiger partial charge in [0.1, 0.15) is 11.5 Å². The second-order valence-corrected chi connectivity index (χ2v) is 9.59. The number of nitrogens with two attached hydrogens (primary N) is 1. The molecule has 2 rings (SSSR count). The Morgan fingerprint density at radius 1 is 0.968 bits per heavy atom. The van der Waals surface area contributed by atoms with Crippen LogP contribution in [-0.2, 0) is 22.9 Å². The van der Waals surface area contributed by atoms with Crippen molar-refractivity contribution in [3.63, 3.8) is 0 Å². The Labute approximate surface area is 185 Å². The molecule has 2 aromatic carbocycles. The number of hydrogen-bond donors (Lipinski definition) is 2. The molecule has 0 fully saturated rings. The fourth-order valence-electron chi connectivity index (χ4n) is 3.65. The van der Waals surface area contributed by atoms with Gasteiger partial charge in [-0.15, -0.1) is 6.58 Å². The molecule has 170 valence electrons. The van der Waals surface area contributed by atoms with Gasteiger partial charge in [0.15, 0.2) is 0 Å². The number of allylic oxidation sites excluding steroid dienone is 1. The van der Waals surface area contributed by atoms with E-state index in [1.54, 1.807) is 20.3 Å². The monoisotopic (exact) mass is 447 g/mol. The predicted octanol–water partition coefficient (Wildman–Crippen LogP) is 3.48. The summed E-state index contributed by atoms with van der Waals surface area (Å²) in [5.41, 5.74) is 2.08. The normalized spacial score (nSPS) is 13.6. The number of aliphatic hydroxyl groups is 1. The molecule has 0 amide bonds. The van der Waals surface area contributed by atoms with E-state index in [1.807, 2.05) is 48.5 Å². The van der Waals surface area contributed by atoms with Crippen molar-refractivity contribution < 1.29 is 23.0 Å². The van der Waals surface area contributed by atoms with Crippen LogP contribution in [-0.4, -0.2) is 39.1 Å². The number of methoxy groups -OCH3 is 2. The SMILES string of the molecule is C=CCC[C@@H](C[C@H](O)C(Cc1ccc(OC)cc1)Cc1ccc(OC)cc1)S(N)(=O)=O. The van der Waals surface area contributed by atoms with Crippen molar-refractivity contribution in [2.75, 3.05) is 14.2 Å². The molecule has 0 spiro atoms. The molecular formula is C24H33NO5S. The van der Waals surface area contributed by atoms with E-state index in [9.17, 15) is 13.5 Å². The van der Waals surface area contributed by atoms with Gasteiger partial charge < -0.3 is 14.6 Å². The molecule has 0 unspecified atom stereocenters. The van der Waals surface area contributed by atoms with E-state index in [0.29, 0.717) is 25.7 Å². The average molecular weight is 448 g/mol. The number of ether oxygens (including phenoxy) is 2. The van der Waals surface area contributed by atoms with E-state index in [0.717, 1.165) is 22.6 Å². The summed E-state index contributed by atoms with van der Waals surface area (Å²) in [7, 11) is -0.544. The molecule has 3 N–H and O–H groups in total. The number of aliphatic hydroxyl groups excluding tert-OH is 1. The second kappa shape index (κ2) is 11.9. The zero-order valence-corrected chi connectivity index (χ0v) is 19.1. The highest BCUT2D eigenvalue weighted by atomic mass is 32.2. The summed E-state index contributed by atoms with van der Waals surface area (Å²) in [5.74, 6) is 1.33. The van der Waals surface area contributed by atoms with E-state index >= 15 is 0 Å². The van der Waals surface area contributed by atoms with Crippen LogP contribution in [0.1, 0.15) is 30.4 Å². The van der Waals surface area contributed by atoms with Crippen LogP contribution in [0.4, 0.5) is 0 Å². The smallest absolute Gasteiger partial charge is 0.212 e. The standard InChI is InChI=1S/C24H33NO5S/c1-4-5-6-23(31(25,27)28)17-24(26)20(15-18-7-11-21(29-2)12-8-18)16-19-9-13-22(30-3)14-10-19/h4,7-14,20,23-24,26H,1,5-6,15-17H2,2-3H3,(H2,25,27,28)/t23-,24-/m0/s1. The first-order chi connectivity index (χ1) is 14.8. The van der Waals surface area contributed by atoms with Gasteiger partial charge in [-0.3, -0.25) is 0 Å². The highest BCUT2D eigenvalue weighted by molar-refractivity contribution is 7.89. The van der Waals surface area contributed by atoms with Gasteiger partial charge in [-0.1, -0.05) is 30.3 Å². The summed E-state index contributed by atoms with van der Waals surface area (Å²) >= 11 is 0. The van der Waals surface area contributed by atoms with Gasteiger partial charge in [-0.2, -0.15) is 0 Å². The number of primary sulfonamides is 1. The van der Waals surface area contributed by atoms with Gasteiger partial charge in [0.05, 0.1) is 25.6 Å². The lowest BCUT2D eigenvalue weighted by molar-refractivity contribution is 0.0965. The van der Waals surface area contributed by atoms with Gasteiger partial charge in [-0.25, -0.2) is 13.6 Å². The highest BCUT2D eigenvalue weighted by Crippen LogP contribution is 2.26. The van der Waals surface area contributed by atoms with Crippen molar-refractivity contribution >= 4 is 10.0 Å². The summed E-state index contributed by atoms with van der Waals surface area (Å²) in [6.07, 6.45) is 2.97. The van der Waals surface area contributed by atoms with Crippen molar-refractivity contribution in [2.24, 2.45) is 11.1 Å². The van der Waals surface area contributed by atoms with Gasteiger partial charge in [-0.05, 0) is 73.4 Å². The first-order valence-electron chi connectivity index (χ1n) is 10.3. The number of sulfonamides is 1. The Morgan fingerprint density at radius 2 is 1.42 bits per heavy atom. The van der Waals surface area contributed by atoms with E-state index in [2.05, 4.69) is 6.58 Å². The molecule has 0 saturated heterocycles. The van der Waals surface area contributed by atoms with E-state index < -0.39 is 21.4 Å². The molecule has 0 heterocycles. The molecule has 31 heavy (non-hydrogen) atoms. The third-order valence-corrected chi connectivity index (χ3v) is 6.88. The third kappa shape index (κ3) is 8.01. The zero-order chi connectivity index (χ0) is 22.9.